The molecule has 0 bridgehead atoms. The standard InChI is InChI=1S/C17H22F3N3O/c1-10(2)15(24)14(21-11(3)4)9-12-5-7-13(8-6-12)16(22-23-16)17(18,19)20/h5-8,10-11,14,21H,9H2,1-4H3/t14-/m0/s1. The predicted octanol–water partition coefficient (Wildman–Crippen LogP) is 4.00. The summed E-state index contributed by atoms with van der Waals surface area (Å²) < 4.78 is 39.0. The summed E-state index contributed by atoms with van der Waals surface area (Å²) in [6.45, 7) is 7.58. The van der Waals surface area contributed by atoms with Gasteiger partial charge >= 0.3 is 11.8 Å². The number of benzene rings is 1. The predicted molar refractivity (Wildman–Crippen MR) is 84.6 cm³/mol. The van der Waals surface area contributed by atoms with E-state index in [9.17, 15) is 18.0 Å². The van der Waals surface area contributed by atoms with Crippen LogP contribution in [-0.4, -0.2) is 24.0 Å². The Labute approximate surface area is 139 Å². The van der Waals surface area contributed by atoms with Gasteiger partial charge in [-0.05, 0) is 12.0 Å². The van der Waals surface area contributed by atoms with Crippen LogP contribution in [0.3, 0.4) is 0 Å². The van der Waals surface area contributed by atoms with Gasteiger partial charge in [-0.2, -0.15) is 13.2 Å². The maximum atomic E-state index is 13.0. The molecule has 0 aliphatic carbocycles. The molecule has 0 radical (unpaired) electrons. The van der Waals surface area contributed by atoms with Crippen molar-refractivity contribution < 1.29 is 18.0 Å². The quantitative estimate of drug-likeness (QED) is 0.815. The van der Waals surface area contributed by atoms with Gasteiger partial charge in [-0.15, -0.1) is 10.2 Å². The van der Waals surface area contributed by atoms with Crippen LogP contribution in [-0.2, 0) is 16.9 Å². The highest BCUT2D eigenvalue weighted by atomic mass is 19.4. The number of rotatable bonds is 7. The normalized spacial score (nSPS) is 17.4. The van der Waals surface area contributed by atoms with E-state index in [1.54, 1.807) is 12.1 Å². The zero-order valence-corrected chi connectivity index (χ0v) is 14.2. The number of hydrogen-bond acceptors (Lipinski definition) is 4. The summed E-state index contributed by atoms with van der Waals surface area (Å²) in [6, 6.07) is 5.76. The van der Waals surface area contributed by atoms with E-state index in [-0.39, 0.29) is 29.3 Å². The van der Waals surface area contributed by atoms with Crippen molar-refractivity contribution in [2.24, 2.45) is 16.1 Å². The minimum Gasteiger partial charge on any atom is -0.305 e. The van der Waals surface area contributed by atoms with Crippen LogP contribution in [0.2, 0.25) is 0 Å². The average molecular weight is 341 g/mol. The van der Waals surface area contributed by atoms with Crippen molar-refractivity contribution in [3.63, 3.8) is 0 Å². The van der Waals surface area contributed by atoms with Crippen LogP contribution in [0.5, 0.6) is 0 Å². The molecule has 1 aromatic rings. The molecule has 0 amide bonds. The molecule has 1 aromatic carbocycles. The molecule has 0 fully saturated rings. The highest BCUT2D eigenvalue weighted by Crippen LogP contribution is 2.52. The molecule has 132 valence electrons. The first-order chi connectivity index (χ1) is 11.1. The summed E-state index contributed by atoms with van der Waals surface area (Å²) in [7, 11) is 0. The van der Waals surface area contributed by atoms with Gasteiger partial charge in [-0.3, -0.25) is 4.79 Å². The molecule has 1 aliphatic rings. The highest BCUT2D eigenvalue weighted by molar-refractivity contribution is 5.86. The molecule has 0 saturated carbocycles. The maximum Gasteiger partial charge on any atom is 0.442 e. The van der Waals surface area contributed by atoms with Gasteiger partial charge in [0.2, 0.25) is 0 Å². The smallest absolute Gasteiger partial charge is 0.305 e. The molecule has 0 saturated heterocycles. The summed E-state index contributed by atoms with van der Waals surface area (Å²) in [6.07, 6.45) is -4.09. The Hall–Kier alpha value is -1.76. The van der Waals surface area contributed by atoms with Crippen LogP contribution in [0.4, 0.5) is 13.2 Å². The fourth-order valence-electron chi connectivity index (χ4n) is 2.60. The molecule has 24 heavy (non-hydrogen) atoms. The molecular formula is C17H22F3N3O. The number of halogens is 3. The number of carbonyl (C=O) groups is 1. The van der Waals surface area contributed by atoms with E-state index < -0.39 is 11.8 Å². The molecule has 0 aromatic heterocycles. The lowest BCUT2D eigenvalue weighted by molar-refractivity contribution is -0.166. The number of hydrogen-bond donors (Lipinski definition) is 1. The maximum absolute atomic E-state index is 13.0. The van der Waals surface area contributed by atoms with E-state index in [0.29, 0.717) is 6.42 Å². The number of nitrogens with one attached hydrogen (secondary N) is 1. The molecule has 7 heteroatoms. The third-order valence-electron chi connectivity index (χ3n) is 3.94. The molecule has 0 unspecified atom stereocenters. The van der Waals surface area contributed by atoms with Gasteiger partial charge in [0.05, 0.1) is 6.04 Å². The topological polar surface area (TPSA) is 53.8 Å². The van der Waals surface area contributed by atoms with Gasteiger partial charge in [0, 0.05) is 17.5 Å². The third-order valence-corrected chi connectivity index (χ3v) is 3.94. The third kappa shape index (κ3) is 3.83. The molecule has 1 atom stereocenters. The highest BCUT2D eigenvalue weighted by Gasteiger charge is 2.65. The lowest BCUT2D eigenvalue weighted by Gasteiger charge is -2.22. The van der Waals surface area contributed by atoms with Gasteiger partial charge in [-0.1, -0.05) is 52.0 Å². The molecule has 4 nitrogen and oxygen atoms in total. The number of alkyl halides is 3. The SMILES string of the molecule is CC(C)N[C@@H](Cc1ccc(C2(C(F)(F)F)N=N2)cc1)C(=O)C(C)C. The van der Waals surface area contributed by atoms with Crippen molar-refractivity contribution >= 4 is 5.78 Å². The monoisotopic (exact) mass is 341 g/mol. The first-order valence-corrected chi connectivity index (χ1v) is 7.97. The first-order valence-electron chi connectivity index (χ1n) is 7.97. The molecule has 1 aliphatic heterocycles. The largest absolute Gasteiger partial charge is 0.442 e. The second kappa shape index (κ2) is 6.63. The van der Waals surface area contributed by atoms with Crippen molar-refractivity contribution in [1.29, 1.82) is 0 Å². The van der Waals surface area contributed by atoms with Crippen molar-refractivity contribution in [1.82, 2.24) is 5.32 Å². The first kappa shape index (κ1) is 18.6. The Morgan fingerprint density at radius 1 is 1.12 bits per heavy atom. The molecule has 1 heterocycles. The van der Waals surface area contributed by atoms with Gasteiger partial charge in [0.1, 0.15) is 0 Å². The Morgan fingerprint density at radius 3 is 2.04 bits per heavy atom. The average Bonchev–Trinajstić information content (AvgIpc) is 3.27. The minimum atomic E-state index is -4.52. The van der Waals surface area contributed by atoms with Crippen LogP contribution in [0, 0.1) is 5.92 Å². The Kier molecular flexibility index (Phi) is 5.13. The van der Waals surface area contributed by atoms with Crippen LogP contribution >= 0.6 is 0 Å². The lowest BCUT2D eigenvalue weighted by Crippen LogP contribution is -2.44. The van der Waals surface area contributed by atoms with Crippen LogP contribution in [0.1, 0.15) is 38.8 Å². The number of Topliss-reactive ketones (excluding diaryl/α,β-unsaturated/α-hetero) is 1. The van der Waals surface area contributed by atoms with Gasteiger partial charge in [0.25, 0.3) is 0 Å². The summed E-state index contributed by atoms with van der Waals surface area (Å²) in [5, 5.41) is 9.60. The van der Waals surface area contributed by atoms with Crippen LogP contribution < -0.4 is 5.32 Å². The van der Waals surface area contributed by atoms with E-state index in [0.717, 1.165) is 5.56 Å². The van der Waals surface area contributed by atoms with Gasteiger partial charge in [-0.25, -0.2) is 0 Å². The lowest BCUT2D eigenvalue weighted by atomic mass is 9.93. The van der Waals surface area contributed by atoms with E-state index >= 15 is 0 Å². The van der Waals surface area contributed by atoms with Crippen molar-refractivity contribution in [2.75, 3.05) is 0 Å². The summed E-state index contributed by atoms with van der Waals surface area (Å²) in [5.74, 6) is -0.0233. The fourth-order valence-corrected chi connectivity index (χ4v) is 2.60. The molecule has 0 spiro atoms. The summed E-state index contributed by atoms with van der Waals surface area (Å²) in [5.41, 5.74) is -1.60. The number of nitrogens with zero attached hydrogens (tertiary/aromatic N) is 2. The van der Waals surface area contributed by atoms with Crippen molar-refractivity contribution in [3.05, 3.63) is 35.4 Å². The second-order valence-corrected chi connectivity index (χ2v) is 6.70. The summed E-state index contributed by atoms with van der Waals surface area (Å²) >= 11 is 0. The van der Waals surface area contributed by atoms with Crippen molar-refractivity contribution in [2.45, 2.75) is 58.0 Å². The fraction of sp³-hybridized carbons (Fsp3) is 0.588. The van der Waals surface area contributed by atoms with Gasteiger partial charge in [0.15, 0.2) is 5.78 Å². The van der Waals surface area contributed by atoms with Crippen LogP contribution in [0.15, 0.2) is 34.5 Å². The Bertz CT molecular complexity index is 615. The van der Waals surface area contributed by atoms with Gasteiger partial charge < -0.3 is 5.32 Å². The number of ketones is 1. The molecular weight excluding hydrogens is 319 g/mol. The van der Waals surface area contributed by atoms with E-state index in [2.05, 4.69) is 15.5 Å². The minimum absolute atomic E-state index is 0.00213. The van der Waals surface area contributed by atoms with Crippen molar-refractivity contribution in [3.8, 4) is 0 Å². The van der Waals surface area contributed by atoms with E-state index in [4.69, 9.17) is 0 Å². The molecule has 2 rings (SSSR count). The Morgan fingerprint density at radius 2 is 1.67 bits per heavy atom. The zero-order chi connectivity index (χ0) is 18.1. The van der Waals surface area contributed by atoms with Crippen LogP contribution in [0.25, 0.3) is 0 Å². The van der Waals surface area contributed by atoms with E-state index in [1.807, 2.05) is 27.7 Å². The Balaban J connectivity index is 2.14. The molecule has 1 N–H and O–H groups in total. The second-order valence-electron chi connectivity index (χ2n) is 6.70. The number of carbonyl (C=O) groups excluding carboxylic acids is 1. The summed E-state index contributed by atoms with van der Waals surface area (Å²) in [4.78, 5) is 12.3. The van der Waals surface area contributed by atoms with E-state index in [1.165, 1.54) is 12.1 Å². The zero-order valence-electron chi connectivity index (χ0n) is 14.2.